The first kappa shape index (κ1) is 9.71. The minimum Gasteiger partial charge on any atom is -0.338 e. The molecule has 1 fully saturated rings. The van der Waals surface area contributed by atoms with Gasteiger partial charge in [-0.3, -0.25) is 4.79 Å². The largest absolute Gasteiger partial charge is 0.338 e. The first-order chi connectivity index (χ1) is 6.79. The third kappa shape index (κ3) is 1.82. The molecule has 0 saturated carbocycles. The number of carbonyl (C=O) groups excluding carboxylic acids is 1. The molecule has 1 N–H and O–H groups in total. The number of amides is 1. The van der Waals surface area contributed by atoms with E-state index < -0.39 is 0 Å². The molecular weight excluding hydrogens is 176 g/mol. The van der Waals surface area contributed by atoms with Gasteiger partial charge in [0.15, 0.2) is 0 Å². The fourth-order valence-corrected chi connectivity index (χ4v) is 2.22. The monoisotopic (exact) mass is 194 g/mol. The van der Waals surface area contributed by atoms with Gasteiger partial charge in [-0.2, -0.15) is 0 Å². The summed E-state index contributed by atoms with van der Waals surface area (Å²) < 4.78 is 0. The van der Waals surface area contributed by atoms with Gasteiger partial charge in [-0.1, -0.05) is 19.1 Å². The molecule has 78 valence electrons. The van der Waals surface area contributed by atoms with Crippen molar-refractivity contribution in [1.82, 2.24) is 10.2 Å². The highest BCUT2D eigenvalue weighted by molar-refractivity contribution is 5.80. The highest BCUT2D eigenvalue weighted by Gasteiger charge is 2.32. The third-order valence-corrected chi connectivity index (χ3v) is 3.20. The molecule has 2 unspecified atom stereocenters. The van der Waals surface area contributed by atoms with E-state index in [9.17, 15) is 4.79 Å². The quantitative estimate of drug-likeness (QED) is 0.621. The number of nitrogens with one attached hydrogen (secondary N) is 1. The maximum atomic E-state index is 12.1. The zero-order valence-electron chi connectivity index (χ0n) is 8.70. The molecule has 0 radical (unpaired) electrons. The van der Waals surface area contributed by atoms with Gasteiger partial charge in [0.2, 0.25) is 5.91 Å². The molecule has 0 spiro atoms. The van der Waals surface area contributed by atoms with Crippen LogP contribution in [0.4, 0.5) is 0 Å². The van der Waals surface area contributed by atoms with Crippen molar-refractivity contribution in [3.8, 4) is 0 Å². The minimum atomic E-state index is 0.210. The van der Waals surface area contributed by atoms with Gasteiger partial charge >= 0.3 is 0 Å². The van der Waals surface area contributed by atoms with Gasteiger partial charge in [-0.15, -0.1) is 0 Å². The van der Waals surface area contributed by atoms with Crippen LogP contribution in [0.3, 0.4) is 0 Å². The zero-order valence-corrected chi connectivity index (χ0v) is 8.70. The third-order valence-electron chi connectivity index (χ3n) is 3.20. The van der Waals surface area contributed by atoms with Crippen molar-refractivity contribution in [3.63, 3.8) is 0 Å². The van der Waals surface area contributed by atoms with Crippen LogP contribution in [0.1, 0.15) is 13.3 Å². The van der Waals surface area contributed by atoms with Gasteiger partial charge < -0.3 is 10.2 Å². The first-order valence-corrected chi connectivity index (χ1v) is 5.43. The molecule has 0 bridgehead atoms. The van der Waals surface area contributed by atoms with E-state index in [0.717, 1.165) is 32.6 Å². The molecule has 2 rings (SSSR count). The lowest BCUT2D eigenvalue weighted by atomic mass is 9.96. The molecule has 0 aromatic heterocycles. The van der Waals surface area contributed by atoms with E-state index in [2.05, 4.69) is 24.4 Å². The Hall–Kier alpha value is -0.830. The number of hydrogen-bond donors (Lipinski definition) is 1. The van der Waals surface area contributed by atoms with Crippen molar-refractivity contribution in [1.29, 1.82) is 0 Å². The van der Waals surface area contributed by atoms with Gasteiger partial charge in [0, 0.05) is 19.6 Å². The molecule has 2 heterocycles. The SMILES string of the molecule is CC1CNCC1C(=O)N1CC=CCC1. The van der Waals surface area contributed by atoms with Crippen LogP contribution in [0.15, 0.2) is 12.2 Å². The standard InChI is InChI=1S/C11H18N2O/c1-9-7-12-8-10(9)11(14)13-5-3-2-4-6-13/h2-3,9-10,12H,4-8H2,1H3. The van der Waals surface area contributed by atoms with Crippen molar-refractivity contribution in [2.24, 2.45) is 11.8 Å². The summed E-state index contributed by atoms with van der Waals surface area (Å²) in [5.74, 6) is 1.04. The van der Waals surface area contributed by atoms with E-state index in [4.69, 9.17) is 0 Å². The van der Waals surface area contributed by atoms with Crippen molar-refractivity contribution in [3.05, 3.63) is 12.2 Å². The predicted molar refractivity (Wildman–Crippen MR) is 55.9 cm³/mol. The van der Waals surface area contributed by atoms with Crippen molar-refractivity contribution in [2.75, 3.05) is 26.2 Å². The van der Waals surface area contributed by atoms with E-state index in [0.29, 0.717) is 11.8 Å². The Morgan fingerprint density at radius 3 is 2.86 bits per heavy atom. The number of rotatable bonds is 1. The summed E-state index contributed by atoms with van der Waals surface area (Å²) in [7, 11) is 0. The van der Waals surface area contributed by atoms with Crippen LogP contribution in [0.25, 0.3) is 0 Å². The van der Waals surface area contributed by atoms with E-state index in [1.165, 1.54) is 0 Å². The minimum absolute atomic E-state index is 0.210. The second kappa shape index (κ2) is 4.13. The summed E-state index contributed by atoms with van der Waals surface area (Å²) in [5, 5.41) is 3.28. The lowest BCUT2D eigenvalue weighted by Crippen LogP contribution is -2.40. The molecule has 1 amide bonds. The topological polar surface area (TPSA) is 32.3 Å². The smallest absolute Gasteiger partial charge is 0.227 e. The fourth-order valence-electron chi connectivity index (χ4n) is 2.22. The second-order valence-corrected chi connectivity index (χ2v) is 4.29. The zero-order chi connectivity index (χ0) is 9.97. The Balaban J connectivity index is 1.96. The van der Waals surface area contributed by atoms with Gasteiger partial charge in [-0.25, -0.2) is 0 Å². The van der Waals surface area contributed by atoms with Crippen LogP contribution in [0, 0.1) is 11.8 Å². The Morgan fingerprint density at radius 2 is 2.29 bits per heavy atom. The highest BCUT2D eigenvalue weighted by atomic mass is 16.2. The molecule has 2 aliphatic heterocycles. The van der Waals surface area contributed by atoms with Crippen LogP contribution < -0.4 is 5.32 Å². The van der Waals surface area contributed by atoms with E-state index in [-0.39, 0.29) is 5.92 Å². The van der Waals surface area contributed by atoms with Gasteiger partial charge in [0.25, 0.3) is 0 Å². The Morgan fingerprint density at radius 1 is 1.43 bits per heavy atom. The lowest BCUT2D eigenvalue weighted by molar-refractivity contribution is -0.135. The molecule has 1 saturated heterocycles. The van der Waals surface area contributed by atoms with Gasteiger partial charge in [0.1, 0.15) is 0 Å². The van der Waals surface area contributed by atoms with Crippen molar-refractivity contribution in [2.45, 2.75) is 13.3 Å². The maximum absolute atomic E-state index is 12.1. The van der Waals surface area contributed by atoms with Crippen LogP contribution in [-0.2, 0) is 4.79 Å². The van der Waals surface area contributed by atoms with Crippen molar-refractivity contribution >= 4 is 5.91 Å². The average molecular weight is 194 g/mol. The summed E-state index contributed by atoms with van der Waals surface area (Å²) in [6, 6.07) is 0. The molecule has 2 atom stereocenters. The fraction of sp³-hybridized carbons (Fsp3) is 0.727. The summed E-state index contributed by atoms with van der Waals surface area (Å²) in [4.78, 5) is 14.0. The highest BCUT2D eigenvalue weighted by Crippen LogP contribution is 2.19. The van der Waals surface area contributed by atoms with Gasteiger partial charge in [-0.05, 0) is 18.9 Å². The second-order valence-electron chi connectivity index (χ2n) is 4.29. The van der Waals surface area contributed by atoms with Gasteiger partial charge in [0.05, 0.1) is 5.92 Å². The Bertz CT molecular complexity index is 250. The molecule has 0 aliphatic carbocycles. The maximum Gasteiger partial charge on any atom is 0.227 e. The Labute approximate surface area is 85.2 Å². The Kier molecular flexibility index (Phi) is 2.87. The predicted octanol–water partition coefficient (Wildman–Crippen LogP) is 0.630. The molecule has 3 heteroatoms. The molecular formula is C11H18N2O. The van der Waals surface area contributed by atoms with Crippen LogP contribution in [0.2, 0.25) is 0 Å². The van der Waals surface area contributed by atoms with E-state index >= 15 is 0 Å². The summed E-state index contributed by atoms with van der Waals surface area (Å²) >= 11 is 0. The normalized spacial score (nSPS) is 32.2. The summed E-state index contributed by atoms with van der Waals surface area (Å²) in [6.07, 6.45) is 5.26. The van der Waals surface area contributed by atoms with E-state index in [1.807, 2.05) is 4.90 Å². The number of nitrogens with zero attached hydrogens (tertiary/aromatic N) is 1. The molecule has 0 aromatic rings. The van der Waals surface area contributed by atoms with Crippen LogP contribution in [0.5, 0.6) is 0 Å². The molecule has 0 aromatic carbocycles. The molecule has 3 nitrogen and oxygen atoms in total. The molecule has 14 heavy (non-hydrogen) atoms. The molecule has 2 aliphatic rings. The lowest BCUT2D eigenvalue weighted by Gasteiger charge is -2.27. The first-order valence-electron chi connectivity index (χ1n) is 5.43. The van der Waals surface area contributed by atoms with Crippen LogP contribution >= 0.6 is 0 Å². The summed E-state index contributed by atoms with van der Waals surface area (Å²) in [6.45, 7) is 5.71. The summed E-state index contributed by atoms with van der Waals surface area (Å²) in [5.41, 5.74) is 0. The van der Waals surface area contributed by atoms with Crippen LogP contribution in [-0.4, -0.2) is 37.0 Å². The number of hydrogen-bond acceptors (Lipinski definition) is 2. The van der Waals surface area contributed by atoms with E-state index in [1.54, 1.807) is 0 Å². The number of carbonyl (C=O) groups is 1. The average Bonchev–Trinajstić information content (AvgIpc) is 2.65. The van der Waals surface area contributed by atoms with Crippen molar-refractivity contribution < 1.29 is 4.79 Å².